The summed E-state index contributed by atoms with van der Waals surface area (Å²) in [4.78, 5) is 3.63. The van der Waals surface area contributed by atoms with E-state index >= 15 is 4.39 Å². The summed E-state index contributed by atoms with van der Waals surface area (Å²) in [5.74, 6) is -2.76. The zero-order valence-electron chi connectivity index (χ0n) is 32.6. The summed E-state index contributed by atoms with van der Waals surface area (Å²) in [5.41, 5.74) is -3.92. The maximum absolute atomic E-state index is 15.3. The van der Waals surface area contributed by atoms with Crippen molar-refractivity contribution in [3.8, 4) is 5.75 Å². The second-order valence-corrected chi connectivity index (χ2v) is 3.72. The molecule has 0 atom stereocenters. The molecule has 2 aromatic rings. The molecule has 0 radical (unpaired) electrons. The molecule has 0 aliphatic rings. The minimum atomic E-state index is -4.13. The monoisotopic (exact) mass is 349 g/mol. The zero-order valence-corrected chi connectivity index (χ0v) is 11.6. The predicted octanol–water partition coefficient (Wildman–Crippen LogP) is 3.53. The van der Waals surface area contributed by atoms with Gasteiger partial charge in [-0.3, -0.25) is 0 Å². The van der Waals surface area contributed by atoms with Gasteiger partial charge >= 0.3 is 0 Å². The number of allylic oxidation sites excluding steroid dienone is 1. The second-order valence-electron chi connectivity index (χ2n) is 3.72. The Morgan fingerprint density at radius 2 is 2.21 bits per heavy atom. The summed E-state index contributed by atoms with van der Waals surface area (Å²) in [6, 6.07) is -12.0. The Labute approximate surface area is 171 Å². The molecule has 0 aliphatic heterocycles. The van der Waals surface area contributed by atoms with E-state index in [1.54, 1.807) is 0 Å². The van der Waals surface area contributed by atoms with Crippen molar-refractivity contribution >= 4 is 11.8 Å². The van der Waals surface area contributed by atoms with E-state index in [4.69, 9.17) is 28.8 Å². The summed E-state index contributed by atoms with van der Waals surface area (Å²) in [6.07, 6.45) is 0. The molecule has 1 N–H and O–H groups in total. The minimum Gasteiger partial charge on any atom is -0.508 e. The van der Waals surface area contributed by atoms with E-state index in [2.05, 4.69) is 15.1 Å². The van der Waals surface area contributed by atoms with Crippen LogP contribution in [0.15, 0.2) is 59.5 Å². The predicted molar refractivity (Wildman–Crippen MR) is 94.6 cm³/mol. The molecule has 2 aromatic carbocycles. The fourth-order valence-corrected chi connectivity index (χ4v) is 1.21. The third kappa shape index (κ3) is 5.52. The number of likely N-dealkylation sites (N-methyl/N-ethyl adjacent to an activating group) is 1. The molecule has 0 fully saturated rings. The number of nitrogens with zero attached hydrogens (tertiary/aromatic N) is 2. The van der Waals surface area contributed by atoms with Gasteiger partial charge in [-0.05, 0) is 49.7 Å². The van der Waals surface area contributed by atoms with E-state index < -0.39 is 121 Å². The lowest BCUT2D eigenvalue weighted by atomic mass is 10.1. The zero-order chi connectivity index (χ0) is 35.4. The van der Waals surface area contributed by atoms with Gasteiger partial charge in [0.2, 0.25) is 0 Å². The van der Waals surface area contributed by atoms with Crippen molar-refractivity contribution in [2.24, 2.45) is 5.16 Å². The molecule has 126 valence electrons. The number of phenols is 1. The van der Waals surface area contributed by atoms with Crippen LogP contribution in [0.25, 0.3) is 6.05 Å². The highest BCUT2D eigenvalue weighted by molar-refractivity contribution is 6.10. The van der Waals surface area contributed by atoms with Crippen LogP contribution in [0.5, 0.6) is 5.75 Å². The van der Waals surface area contributed by atoms with Gasteiger partial charge in [0.1, 0.15) is 23.8 Å². The van der Waals surface area contributed by atoms with Gasteiger partial charge in [-0.2, -0.15) is 0 Å². The van der Waals surface area contributed by atoms with Crippen molar-refractivity contribution < 1.29 is 41.8 Å². The molecule has 24 heavy (non-hydrogen) atoms. The normalized spacial score (nSPS) is 27.6. The van der Waals surface area contributed by atoms with E-state index in [0.717, 1.165) is 0 Å². The fraction of sp³-hybridized carbons (Fsp3) is 0.211. The first-order valence-corrected chi connectivity index (χ1v) is 5.92. The van der Waals surface area contributed by atoms with Crippen LogP contribution in [-0.4, -0.2) is 44.2 Å². The highest BCUT2D eigenvalue weighted by Gasteiger charge is 2.07. The summed E-state index contributed by atoms with van der Waals surface area (Å²) in [5, 5.41) is 7.15. The molecule has 5 heteroatoms. The van der Waals surface area contributed by atoms with Crippen molar-refractivity contribution in [3.05, 3.63) is 71.3 Å². The van der Waals surface area contributed by atoms with Crippen LogP contribution in [0.2, 0.25) is 0 Å². The van der Waals surface area contributed by atoms with Crippen molar-refractivity contribution in [1.82, 2.24) is 4.90 Å². The highest BCUT2D eigenvalue weighted by Crippen LogP contribution is 2.13. The molecule has 0 saturated carbocycles. The van der Waals surface area contributed by atoms with Crippen LogP contribution < -0.4 is 0 Å². The average Bonchev–Trinajstić information content (AvgIpc) is 2.89. The lowest BCUT2D eigenvalue weighted by Gasteiger charge is -2.08. The standard InChI is InChI=1S/C19H21FN2O2/c1-22(2)13-14-24-21-19(17-5-3-4-6-18(17)20)12-9-15-7-10-16(23)11-8-15/h3-12,23H,13-14H2,1-2H3/b12-9+,21-19+/i1D3,2D3,3D,4D,5D,6D,7D,8D,9D,10D,11D,12D,13D2,14D2/hD. The number of hydrogen-bond acceptors (Lipinski definition) is 4. The number of oxime groups is 1. The van der Waals surface area contributed by atoms with E-state index in [0.29, 0.717) is 0 Å². The summed E-state index contributed by atoms with van der Waals surface area (Å²) in [7, 11) is 0. The second kappa shape index (κ2) is 8.84. The van der Waals surface area contributed by atoms with Crippen molar-refractivity contribution in [2.75, 3.05) is 27.0 Å². The average molecular weight is 350 g/mol. The molecule has 0 aromatic heterocycles. The van der Waals surface area contributed by atoms with E-state index in [1.165, 1.54) is 0 Å². The number of aromatic hydroxyl groups is 1. The van der Waals surface area contributed by atoms with Crippen LogP contribution in [0.1, 0.15) is 38.5 Å². The molecule has 0 saturated heterocycles. The quantitative estimate of drug-likeness (QED) is 0.586. The summed E-state index contributed by atoms with van der Waals surface area (Å²) in [6.45, 7) is -15.9. The Kier molecular flexibility index (Phi) is 1.73. The van der Waals surface area contributed by atoms with E-state index in [9.17, 15) is 0 Å². The van der Waals surface area contributed by atoms with Gasteiger partial charge in [0.15, 0.2) is 0 Å². The van der Waals surface area contributed by atoms with Crippen LogP contribution in [0.4, 0.5) is 4.39 Å². The first-order valence-electron chi connectivity index (χ1n) is 16.3. The number of halogens is 1. The Morgan fingerprint density at radius 1 is 1.42 bits per heavy atom. The van der Waals surface area contributed by atoms with Gasteiger partial charge in [-0.25, -0.2) is 4.39 Å². The lowest BCUT2D eigenvalue weighted by Crippen LogP contribution is -2.17. The number of rotatable bonds is 8. The van der Waals surface area contributed by atoms with Crippen LogP contribution in [-0.2, 0) is 4.84 Å². The van der Waals surface area contributed by atoms with Crippen LogP contribution >= 0.6 is 0 Å². The number of phenolic OH excluding ortho intramolecular Hbond substituents is 1. The van der Waals surface area contributed by atoms with E-state index in [-0.39, 0.29) is 0 Å². The third-order valence-electron chi connectivity index (χ3n) is 2.13. The Hall–Kier alpha value is -2.66. The Bertz CT molecular complexity index is 1490. The molecule has 0 bridgehead atoms. The molecule has 0 aliphatic carbocycles. The molecule has 0 spiro atoms. The molecule has 0 heterocycles. The summed E-state index contributed by atoms with van der Waals surface area (Å²) >= 11 is 0. The maximum Gasteiger partial charge on any atom is 0.293 e. The molecular weight excluding hydrogens is 307 g/mol. The topological polar surface area (TPSA) is 45.1 Å². The maximum atomic E-state index is 15.3. The van der Waals surface area contributed by atoms with E-state index in [1.807, 2.05) is 0 Å². The van der Waals surface area contributed by atoms with Crippen molar-refractivity contribution in [1.29, 1.82) is 1.43 Å². The molecule has 0 unspecified atom stereocenters. The first kappa shape index (κ1) is 4.70. The highest BCUT2D eigenvalue weighted by atomic mass is 19.1. The van der Waals surface area contributed by atoms with Gasteiger partial charge in [0.05, 0.1) is 16.4 Å². The largest absolute Gasteiger partial charge is 0.508 e. The molecule has 2 rings (SSSR count). The Morgan fingerprint density at radius 3 is 2.96 bits per heavy atom. The molecule has 4 nitrogen and oxygen atoms in total. The summed E-state index contributed by atoms with van der Waals surface area (Å²) < 4.78 is 179. The first-order chi connectivity index (χ1) is 20.2. The van der Waals surface area contributed by atoms with Gasteiger partial charge in [-0.1, -0.05) is 35.4 Å². The number of benzene rings is 2. The van der Waals surface area contributed by atoms with Gasteiger partial charge in [0, 0.05) is 23.0 Å². The Balaban J connectivity index is 3.04. The fourth-order valence-electron chi connectivity index (χ4n) is 1.21. The van der Waals surface area contributed by atoms with Crippen LogP contribution in [0.3, 0.4) is 0 Å². The van der Waals surface area contributed by atoms with Gasteiger partial charge in [-0.15, -0.1) is 0 Å². The minimum absolute atomic E-state index is 0.856. The van der Waals surface area contributed by atoms with Crippen molar-refractivity contribution in [3.63, 3.8) is 0 Å². The lowest BCUT2D eigenvalue weighted by molar-refractivity contribution is 0.126. The molecular formula is C19H21FN2O2. The SMILES string of the molecule is [2H]Oc1c([2H])c([2H])c(/C([2H])=C([2H])/C(=N\OC([2H])([2H])C([2H])([2H])N(C([2H])([2H])[2H])C([2H])([2H])[2H])c2c([2H])c([2H])c([2H])c([2H])c2F)c([2H])c1[2H]. The van der Waals surface area contributed by atoms with Crippen LogP contribution in [0, 0.1) is 5.82 Å². The molecule has 0 amide bonds. The third-order valence-corrected chi connectivity index (χ3v) is 2.13. The van der Waals surface area contributed by atoms with Gasteiger partial charge in [0.25, 0.3) is 1.43 Å². The smallest absolute Gasteiger partial charge is 0.293 e. The van der Waals surface area contributed by atoms with Gasteiger partial charge < -0.3 is 14.8 Å². The number of hydrogen-bond donors (Lipinski definition) is 1. The van der Waals surface area contributed by atoms with Crippen molar-refractivity contribution in [2.45, 2.75) is 0 Å².